The fraction of sp³-hybridized carbons (Fsp3) is 0.667. The number of hydrogen-bond donors (Lipinski definition) is 0. The van der Waals surface area contributed by atoms with Gasteiger partial charge < -0.3 is 0 Å². The molecule has 0 aromatic carbocycles. The lowest BCUT2D eigenvalue weighted by Gasteiger charge is -2.21. The van der Waals surface area contributed by atoms with Crippen LogP contribution in [-0.2, 0) is 0 Å². The molecule has 0 spiro atoms. The summed E-state index contributed by atoms with van der Waals surface area (Å²) >= 11 is 0. The Labute approximate surface area is 82.4 Å². The number of hydrogen-bond acceptors (Lipinski definition) is 0. The fourth-order valence-electron chi connectivity index (χ4n) is 2.32. The summed E-state index contributed by atoms with van der Waals surface area (Å²) in [6.45, 7) is 0. The summed E-state index contributed by atoms with van der Waals surface area (Å²) in [6, 6.07) is 0. The van der Waals surface area contributed by atoms with Gasteiger partial charge in [-0.15, -0.1) is 0 Å². The molecule has 2 atom stereocenters. The molecule has 1 heteroatoms. The highest BCUT2D eigenvalue weighted by Crippen LogP contribution is 2.30. The van der Waals surface area contributed by atoms with Crippen LogP contribution in [0, 0.1) is 0 Å². The molecule has 1 radical (unpaired) electrons. The molecule has 0 saturated heterocycles. The van der Waals surface area contributed by atoms with Gasteiger partial charge in [0.15, 0.2) is 0 Å². The van der Waals surface area contributed by atoms with Crippen LogP contribution in [0.4, 0.5) is 0 Å². The molecule has 2 unspecified atom stereocenters. The van der Waals surface area contributed by atoms with Gasteiger partial charge in [-0.3, -0.25) is 0 Å². The molecule has 0 amide bonds. The molecule has 2 aliphatic rings. The highest BCUT2D eigenvalue weighted by Gasteiger charge is 2.16. The predicted molar refractivity (Wildman–Crippen MR) is 59.2 cm³/mol. The maximum Gasteiger partial charge on any atom is 0.128 e. The monoisotopic (exact) mass is 173 g/mol. The molecule has 0 saturated carbocycles. The smallest absolute Gasteiger partial charge is 0.0933 e. The minimum absolute atomic E-state index is 0.765. The Bertz CT molecular complexity index is 183. The van der Waals surface area contributed by atoms with Gasteiger partial charge in [0.05, 0.1) is 0 Å². The van der Waals surface area contributed by atoms with Crippen LogP contribution < -0.4 is 0 Å². The van der Waals surface area contributed by atoms with Crippen LogP contribution in [-0.4, -0.2) is 7.28 Å². The van der Waals surface area contributed by atoms with E-state index in [4.69, 9.17) is 0 Å². The maximum atomic E-state index is 2.55. The lowest BCUT2D eigenvalue weighted by atomic mass is 9.51. The summed E-state index contributed by atoms with van der Waals surface area (Å²) in [5, 5.41) is 0. The molecule has 0 aromatic rings. The summed E-state index contributed by atoms with van der Waals surface area (Å²) < 4.78 is 0. The summed E-state index contributed by atoms with van der Waals surface area (Å²) in [5.41, 5.74) is 0. The second-order valence-electron chi connectivity index (χ2n) is 4.24. The van der Waals surface area contributed by atoms with E-state index in [2.05, 4.69) is 31.6 Å². The molecule has 0 aliphatic heterocycles. The van der Waals surface area contributed by atoms with E-state index < -0.39 is 0 Å². The van der Waals surface area contributed by atoms with Crippen molar-refractivity contribution in [3.05, 3.63) is 24.3 Å². The molecule has 2 aliphatic carbocycles. The molecule has 2 rings (SSSR count). The largest absolute Gasteiger partial charge is 0.128 e. The second-order valence-corrected chi connectivity index (χ2v) is 4.24. The van der Waals surface area contributed by atoms with Crippen LogP contribution in [0.1, 0.15) is 38.5 Å². The molecule has 0 nitrogen and oxygen atoms in total. The minimum Gasteiger partial charge on any atom is -0.0933 e. The topological polar surface area (TPSA) is 0 Å². The third-order valence-corrected chi connectivity index (χ3v) is 3.08. The average Bonchev–Trinajstić information content (AvgIpc) is 2.21. The maximum absolute atomic E-state index is 2.55. The van der Waals surface area contributed by atoms with Crippen molar-refractivity contribution in [3.63, 3.8) is 0 Å². The van der Waals surface area contributed by atoms with Gasteiger partial charge in [0.2, 0.25) is 0 Å². The van der Waals surface area contributed by atoms with Crippen molar-refractivity contribution in [2.24, 2.45) is 0 Å². The van der Waals surface area contributed by atoms with Gasteiger partial charge >= 0.3 is 0 Å². The Kier molecular flexibility index (Phi) is 3.29. The van der Waals surface area contributed by atoms with Crippen molar-refractivity contribution in [2.75, 3.05) is 0 Å². The van der Waals surface area contributed by atoms with Gasteiger partial charge in [-0.2, -0.15) is 0 Å². The molecule has 0 bridgehead atoms. The highest BCUT2D eigenvalue weighted by molar-refractivity contribution is 6.41. The normalized spacial score (nSPS) is 33.2. The van der Waals surface area contributed by atoms with Crippen molar-refractivity contribution in [1.82, 2.24) is 0 Å². The lowest BCUT2D eigenvalue weighted by molar-refractivity contribution is 0.690. The van der Waals surface area contributed by atoms with Crippen molar-refractivity contribution in [1.29, 1.82) is 0 Å². The van der Waals surface area contributed by atoms with E-state index in [1.807, 2.05) is 0 Å². The first-order chi connectivity index (χ1) is 6.45. The zero-order chi connectivity index (χ0) is 8.93. The van der Waals surface area contributed by atoms with E-state index in [0.717, 1.165) is 11.6 Å². The average molecular weight is 173 g/mol. The second kappa shape index (κ2) is 4.69. The summed E-state index contributed by atoms with van der Waals surface area (Å²) in [7, 11) is 2.55. The Morgan fingerprint density at radius 2 is 1.38 bits per heavy atom. The summed E-state index contributed by atoms with van der Waals surface area (Å²) in [6.07, 6.45) is 17.6. The van der Waals surface area contributed by atoms with E-state index in [1.165, 1.54) is 38.5 Å². The van der Waals surface area contributed by atoms with Crippen LogP contribution in [0.25, 0.3) is 0 Å². The Hall–Kier alpha value is -0.455. The zero-order valence-electron chi connectivity index (χ0n) is 8.28. The van der Waals surface area contributed by atoms with E-state index >= 15 is 0 Å². The van der Waals surface area contributed by atoms with Gasteiger partial charge in [0, 0.05) is 0 Å². The minimum atomic E-state index is 0.765. The van der Waals surface area contributed by atoms with Crippen LogP contribution in [0.5, 0.6) is 0 Å². The zero-order valence-corrected chi connectivity index (χ0v) is 8.28. The van der Waals surface area contributed by atoms with Crippen LogP contribution >= 0.6 is 0 Å². The Morgan fingerprint density at radius 3 is 1.77 bits per heavy atom. The lowest BCUT2D eigenvalue weighted by Crippen LogP contribution is -2.11. The van der Waals surface area contributed by atoms with E-state index in [-0.39, 0.29) is 0 Å². The van der Waals surface area contributed by atoms with Gasteiger partial charge in [-0.25, -0.2) is 0 Å². The van der Waals surface area contributed by atoms with E-state index in [0.29, 0.717) is 0 Å². The molecular weight excluding hydrogens is 155 g/mol. The molecule has 0 fully saturated rings. The standard InChI is InChI=1S/C12H18B/c1-3-7-11(8-4-1)13-12-9-5-2-6-10-12/h3,5,7,9,11-12H,1-2,4,6,8,10H2. The first-order valence-electron chi connectivity index (χ1n) is 5.63. The van der Waals surface area contributed by atoms with Crippen LogP contribution in [0.3, 0.4) is 0 Å². The molecule has 0 N–H and O–H groups in total. The van der Waals surface area contributed by atoms with E-state index in [1.54, 1.807) is 0 Å². The van der Waals surface area contributed by atoms with Crippen molar-refractivity contribution >= 4 is 7.28 Å². The Morgan fingerprint density at radius 1 is 0.846 bits per heavy atom. The van der Waals surface area contributed by atoms with Gasteiger partial charge in [-0.1, -0.05) is 48.8 Å². The van der Waals surface area contributed by atoms with Gasteiger partial charge in [-0.05, 0) is 25.7 Å². The van der Waals surface area contributed by atoms with Crippen LogP contribution in [0.2, 0.25) is 11.6 Å². The third kappa shape index (κ3) is 2.75. The SMILES string of the molecule is [B](C1C=CCCC1)C1C=CCCC1. The van der Waals surface area contributed by atoms with Gasteiger partial charge in [0.1, 0.15) is 7.28 Å². The molecular formula is C12H18B. The number of allylic oxidation sites excluding steroid dienone is 4. The fourth-order valence-corrected chi connectivity index (χ4v) is 2.32. The van der Waals surface area contributed by atoms with E-state index in [9.17, 15) is 0 Å². The van der Waals surface area contributed by atoms with Crippen molar-refractivity contribution < 1.29 is 0 Å². The summed E-state index contributed by atoms with van der Waals surface area (Å²) in [4.78, 5) is 0. The quantitative estimate of drug-likeness (QED) is 0.440. The molecule has 69 valence electrons. The number of rotatable bonds is 2. The van der Waals surface area contributed by atoms with Crippen molar-refractivity contribution in [2.45, 2.75) is 50.2 Å². The first-order valence-corrected chi connectivity index (χ1v) is 5.63. The Balaban J connectivity index is 1.82. The van der Waals surface area contributed by atoms with Crippen molar-refractivity contribution in [3.8, 4) is 0 Å². The third-order valence-electron chi connectivity index (χ3n) is 3.08. The van der Waals surface area contributed by atoms with Crippen LogP contribution in [0.15, 0.2) is 24.3 Å². The summed E-state index contributed by atoms with van der Waals surface area (Å²) in [5.74, 6) is 1.53. The first kappa shape index (κ1) is 9.11. The molecule has 0 aromatic heterocycles. The predicted octanol–water partition coefficient (Wildman–Crippen LogP) is 3.75. The van der Waals surface area contributed by atoms with Gasteiger partial charge in [0.25, 0.3) is 0 Å². The highest BCUT2D eigenvalue weighted by atomic mass is 14.1. The molecule has 13 heavy (non-hydrogen) atoms. The molecule has 0 heterocycles.